The lowest BCUT2D eigenvalue weighted by atomic mass is 10.1. The van der Waals surface area contributed by atoms with Crippen LogP contribution >= 0.6 is 0 Å². The topological polar surface area (TPSA) is 148 Å². The van der Waals surface area contributed by atoms with Gasteiger partial charge in [-0.05, 0) is 48.4 Å². The predicted molar refractivity (Wildman–Crippen MR) is 134 cm³/mol. The van der Waals surface area contributed by atoms with Gasteiger partial charge < -0.3 is 10.1 Å². The smallest absolute Gasteiger partial charge is 0.335 e. The van der Waals surface area contributed by atoms with Crippen LogP contribution in [0.3, 0.4) is 0 Å². The summed E-state index contributed by atoms with van der Waals surface area (Å²) in [5, 5.41) is 15.9. The number of barbiturate groups is 1. The summed E-state index contributed by atoms with van der Waals surface area (Å²) in [4.78, 5) is 61.2. The quantitative estimate of drug-likeness (QED) is 0.218. The van der Waals surface area contributed by atoms with Crippen LogP contribution in [0.25, 0.3) is 6.08 Å². The lowest BCUT2D eigenvalue weighted by molar-refractivity contribution is -0.384. The van der Waals surface area contributed by atoms with Crippen LogP contribution in [-0.4, -0.2) is 35.3 Å². The second-order valence-corrected chi connectivity index (χ2v) is 7.96. The van der Waals surface area contributed by atoms with Crippen LogP contribution in [0.5, 0.6) is 5.75 Å². The van der Waals surface area contributed by atoms with Crippen LogP contribution in [0.4, 0.5) is 21.9 Å². The first-order valence-corrected chi connectivity index (χ1v) is 11.0. The van der Waals surface area contributed by atoms with E-state index in [1.807, 2.05) is 19.1 Å². The molecule has 0 saturated carbocycles. The summed E-state index contributed by atoms with van der Waals surface area (Å²) in [5.74, 6) is -1.92. The van der Waals surface area contributed by atoms with Crippen LogP contribution in [-0.2, 0) is 14.4 Å². The number of nitro groups is 1. The number of nitro benzene ring substituents is 1. The van der Waals surface area contributed by atoms with Gasteiger partial charge in [0, 0.05) is 17.8 Å². The van der Waals surface area contributed by atoms with E-state index < -0.39 is 22.8 Å². The number of nitrogens with zero attached hydrogens (tertiary/aromatic N) is 2. The molecule has 1 aliphatic heterocycles. The highest BCUT2D eigenvalue weighted by atomic mass is 16.6. The zero-order valence-electron chi connectivity index (χ0n) is 19.5. The molecule has 0 aromatic heterocycles. The molecule has 0 radical (unpaired) electrons. The number of amides is 5. The van der Waals surface area contributed by atoms with Crippen molar-refractivity contribution in [3.05, 3.63) is 99.6 Å². The van der Waals surface area contributed by atoms with E-state index in [-0.39, 0.29) is 29.5 Å². The Morgan fingerprint density at radius 2 is 1.81 bits per heavy atom. The number of para-hydroxylation sites is 1. The summed E-state index contributed by atoms with van der Waals surface area (Å²) in [6.45, 7) is 1.59. The van der Waals surface area contributed by atoms with Gasteiger partial charge in [-0.1, -0.05) is 36.4 Å². The highest BCUT2D eigenvalue weighted by Gasteiger charge is 2.37. The van der Waals surface area contributed by atoms with E-state index in [4.69, 9.17) is 4.74 Å². The van der Waals surface area contributed by atoms with Crippen LogP contribution in [0, 0.1) is 17.0 Å². The summed E-state index contributed by atoms with van der Waals surface area (Å²) in [6, 6.07) is 17.5. The van der Waals surface area contributed by atoms with Gasteiger partial charge >= 0.3 is 6.03 Å². The van der Waals surface area contributed by atoms with Gasteiger partial charge in [0.15, 0.2) is 6.61 Å². The number of benzene rings is 3. The van der Waals surface area contributed by atoms with E-state index in [1.54, 1.807) is 30.3 Å². The Morgan fingerprint density at radius 3 is 2.57 bits per heavy atom. The molecule has 37 heavy (non-hydrogen) atoms. The minimum absolute atomic E-state index is 0.0631. The Kier molecular flexibility index (Phi) is 7.05. The fourth-order valence-corrected chi connectivity index (χ4v) is 3.55. The Balaban J connectivity index is 1.51. The summed E-state index contributed by atoms with van der Waals surface area (Å²) in [6.07, 6.45) is 1.26. The molecule has 4 rings (SSSR count). The molecule has 1 heterocycles. The maximum Gasteiger partial charge on any atom is 0.335 e. The monoisotopic (exact) mass is 500 g/mol. The second kappa shape index (κ2) is 10.5. The number of carbonyl (C=O) groups is 4. The van der Waals surface area contributed by atoms with Crippen molar-refractivity contribution in [2.24, 2.45) is 0 Å². The van der Waals surface area contributed by atoms with Crippen LogP contribution in [0.2, 0.25) is 0 Å². The average Bonchev–Trinajstić information content (AvgIpc) is 2.87. The molecule has 0 atom stereocenters. The molecule has 186 valence electrons. The van der Waals surface area contributed by atoms with Gasteiger partial charge in [0.25, 0.3) is 23.4 Å². The van der Waals surface area contributed by atoms with Crippen molar-refractivity contribution in [2.45, 2.75) is 6.92 Å². The zero-order valence-corrected chi connectivity index (χ0v) is 19.5. The molecule has 1 saturated heterocycles. The highest BCUT2D eigenvalue weighted by molar-refractivity contribution is 6.39. The van der Waals surface area contributed by atoms with Gasteiger partial charge in [0.2, 0.25) is 0 Å². The summed E-state index contributed by atoms with van der Waals surface area (Å²) in [5.41, 5.74) is 1.21. The van der Waals surface area contributed by atoms with Crippen molar-refractivity contribution in [3.8, 4) is 5.75 Å². The standard InChI is InChI=1S/C26H20N4O7/c1-16-6-2-3-11-22(16)27-23(31)15-37-20-10-4-7-17(12-20)13-21-24(32)28-26(34)29(25(21)33)18-8-5-9-19(14-18)30(35)36/h2-14H,15H2,1H3,(H,27,31)(H,28,32,34)/b21-13-. The molecular weight excluding hydrogens is 480 g/mol. The van der Waals surface area contributed by atoms with E-state index in [0.717, 1.165) is 11.6 Å². The first-order valence-electron chi connectivity index (χ1n) is 11.0. The molecule has 11 nitrogen and oxygen atoms in total. The zero-order chi connectivity index (χ0) is 26.5. The molecule has 11 heteroatoms. The Morgan fingerprint density at radius 1 is 1.05 bits per heavy atom. The number of anilines is 2. The number of nitrogens with one attached hydrogen (secondary N) is 2. The number of urea groups is 1. The number of carbonyl (C=O) groups excluding carboxylic acids is 4. The molecule has 0 unspecified atom stereocenters. The van der Waals surface area contributed by atoms with Crippen molar-refractivity contribution >= 4 is 46.9 Å². The molecule has 0 bridgehead atoms. The van der Waals surface area contributed by atoms with Crippen LogP contribution in [0.15, 0.2) is 78.4 Å². The second-order valence-electron chi connectivity index (χ2n) is 7.96. The Labute approximate surface area is 210 Å². The maximum atomic E-state index is 13.1. The Bertz CT molecular complexity index is 1460. The third-order valence-electron chi connectivity index (χ3n) is 5.36. The van der Waals surface area contributed by atoms with E-state index >= 15 is 0 Å². The van der Waals surface area contributed by atoms with Gasteiger partial charge in [-0.15, -0.1) is 0 Å². The normalized spacial score (nSPS) is 14.4. The van der Waals surface area contributed by atoms with E-state index in [0.29, 0.717) is 21.9 Å². The lowest BCUT2D eigenvalue weighted by Gasteiger charge is -2.26. The number of aryl methyl sites for hydroxylation is 1. The van der Waals surface area contributed by atoms with Crippen molar-refractivity contribution < 1.29 is 28.8 Å². The van der Waals surface area contributed by atoms with E-state index in [1.165, 1.54) is 30.3 Å². The highest BCUT2D eigenvalue weighted by Crippen LogP contribution is 2.26. The van der Waals surface area contributed by atoms with E-state index in [2.05, 4.69) is 10.6 Å². The molecule has 0 spiro atoms. The van der Waals surface area contributed by atoms with E-state index in [9.17, 15) is 29.3 Å². The third kappa shape index (κ3) is 5.68. The molecule has 5 amide bonds. The molecular formula is C26H20N4O7. The fraction of sp³-hybridized carbons (Fsp3) is 0.0769. The minimum atomic E-state index is -1.02. The Hall–Kier alpha value is -5.32. The van der Waals surface area contributed by atoms with Crippen molar-refractivity contribution in [1.29, 1.82) is 0 Å². The number of ether oxygens (including phenoxy) is 1. The van der Waals surface area contributed by atoms with Crippen molar-refractivity contribution in [2.75, 3.05) is 16.8 Å². The van der Waals surface area contributed by atoms with Crippen molar-refractivity contribution in [3.63, 3.8) is 0 Å². The summed E-state index contributed by atoms with van der Waals surface area (Å²) < 4.78 is 5.55. The first-order chi connectivity index (χ1) is 17.7. The predicted octanol–water partition coefficient (Wildman–Crippen LogP) is 3.59. The van der Waals surface area contributed by atoms with Crippen molar-refractivity contribution in [1.82, 2.24) is 5.32 Å². The molecule has 3 aromatic carbocycles. The number of non-ortho nitro benzene ring substituents is 1. The third-order valence-corrected chi connectivity index (χ3v) is 5.36. The van der Waals surface area contributed by atoms with Gasteiger partial charge in [-0.25, -0.2) is 9.69 Å². The SMILES string of the molecule is Cc1ccccc1NC(=O)COc1cccc(/C=C2/C(=O)NC(=O)N(c3cccc([N+](=O)[O-])c3)C2=O)c1. The number of hydrogen-bond acceptors (Lipinski definition) is 7. The van der Waals surface area contributed by atoms with Crippen LogP contribution in [0.1, 0.15) is 11.1 Å². The van der Waals surface area contributed by atoms with Gasteiger partial charge in [-0.3, -0.25) is 29.8 Å². The fourth-order valence-electron chi connectivity index (χ4n) is 3.55. The van der Waals surface area contributed by atoms with Gasteiger partial charge in [-0.2, -0.15) is 0 Å². The summed E-state index contributed by atoms with van der Waals surface area (Å²) in [7, 11) is 0. The molecule has 2 N–H and O–H groups in total. The van der Waals surface area contributed by atoms with Crippen LogP contribution < -0.4 is 20.3 Å². The minimum Gasteiger partial charge on any atom is -0.484 e. The number of imide groups is 2. The summed E-state index contributed by atoms with van der Waals surface area (Å²) >= 11 is 0. The molecule has 1 fully saturated rings. The molecule has 3 aromatic rings. The number of rotatable bonds is 7. The van der Waals surface area contributed by atoms with Gasteiger partial charge in [0.1, 0.15) is 11.3 Å². The largest absolute Gasteiger partial charge is 0.484 e. The maximum absolute atomic E-state index is 13.1. The lowest BCUT2D eigenvalue weighted by Crippen LogP contribution is -2.54. The number of hydrogen-bond donors (Lipinski definition) is 2. The molecule has 1 aliphatic rings. The average molecular weight is 500 g/mol. The first kappa shape index (κ1) is 24.8. The molecule has 0 aliphatic carbocycles. The van der Waals surface area contributed by atoms with Gasteiger partial charge in [0.05, 0.1) is 10.6 Å².